The fraction of sp³-hybridized carbons (Fsp3) is 0.318. The quantitative estimate of drug-likeness (QED) is 0.744. The molecule has 29 heavy (non-hydrogen) atoms. The molecule has 1 atom stereocenters. The Morgan fingerprint density at radius 1 is 1.17 bits per heavy atom. The zero-order chi connectivity index (χ0) is 21.1. The number of hydrogen-bond acceptors (Lipinski definition) is 4. The van der Waals surface area contributed by atoms with Crippen LogP contribution >= 0.6 is 11.6 Å². The highest BCUT2D eigenvalue weighted by molar-refractivity contribution is 6.31. The SMILES string of the molecule is Cc1c(Cl)cccc1N1C[C@@H](C(=O)Nc2ccc(C(=O)OC(C)C)cc2)CC1=O. The summed E-state index contributed by atoms with van der Waals surface area (Å²) in [7, 11) is 0. The van der Waals surface area contributed by atoms with Gasteiger partial charge in [-0.15, -0.1) is 0 Å². The van der Waals surface area contributed by atoms with E-state index < -0.39 is 11.9 Å². The van der Waals surface area contributed by atoms with Gasteiger partial charge in [0.2, 0.25) is 11.8 Å². The molecule has 1 aliphatic rings. The highest BCUT2D eigenvalue weighted by atomic mass is 35.5. The lowest BCUT2D eigenvalue weighted by Crippen LogP contribution is -2.28. The molecule has 2 aromatic rings. The topological polar surface area (TPSA) is 75.7 Å². The maximum Gasteiger partial charge on any atom is 0.338 e. The third kappa shape index (κ3) is 4.77. The molecule has 1 N–H and O–H groups in total. The summed E-state index contributed by atoms with van der Waals surface area (Å²) in [5, 5.41) is 3.40. The van der Waals surface area contributed by atoms with Crippen LogP contribution in [0.3, 0.4) is 0 Å². The number of hydrogen-bond donors (Lipinski definition) is 1. The third-order valence-corrected chi connectivity index (χ3v) is 5.17. The molecule has 0 bridgehead atoms. The van der Waals surface area contributed by atoms with Gasteiger partial charge >= 0.3 is 5.97 Å². The van der Waals surface area contributed by atoms with Gasteiger partial charge in [-0.25, -0.2) is 4.79 Å². The molecule has 2 amide bonds. The van der Waals surface area contributed by atoms with Gasteiger partial charge in [0, 0.05) is 29.4 Å². The minimum atomic E-state index is -0.466. The first-order valence-electron chi connectivity index (χ1n) is 9.43. The van der Waals surface area contributed by atoms with Crippen LogP contribution in [-0.2, 0) is 14.3 Å². The van der Waals surface area contributed by atoms with Gasteiger partial charge in [-0.05, 0) is 62.7 Å². The number of nitrogens with zero attached hydrogens (tertiary/aromatic N) is 1. The molecule has 1 aliphatic heterocycles. The second kappa shape index (κ2) is 8.66. The number of carbonyl (C=O) groups excluding carboxylic acids is 3. The Morgan fingerprint density at radius 2 is 1.86 bits per heavy atom. The van der Waals surface area contributed by atoms with Crippen LogP contribution in [0.5, 0.6) is 0 Å². The van der Waals surface area contributed by atoms with E-state index in [0.717, 1.165) is 11.3 Å². The first-order valence-corrected chi connectivity index (χ1v) is 9.81. The molecule has 0 spiro atoms. The van der Waals surface area contributed by atoms with Crippen molar-refractivity contribution >= 4 is 40.8 Å². The van der Waals surface area contributed by atoms with E-state index in [9.17, 15) is 14.4 Å². The van der Waals surface area contributed by atoms with Gasteiger partial charge in [0.15, 0.2) is 0 Å². The molecule has 0 aromatic heterocycles. The molecule has 6 nitrogen and oxygen atoms in total. The van der Waals surface area contributed by atoms with Crippen molar-refractivity contribution in [3.05, 3.63) is 58.6 Å². The van der Waals surface area contributed by atoms with Gasteiger partial charge in [-0.3, -0.25) is 9.59 Å². The Bertz CT molecular complexity index is 940. The van der Waals surface area contributed by atoms with Crippen molar-refractivity contribution in [2.45, 2.75) is 33.3 Å². The zero-order valence-corrected chi connectivity index (χ0v) is 17.3. The fourth-order valence-corrected chi connectivity index (χ4v) is 3.39. The van der Waals surface area contributed by atoms with Crippen LogP contribution in [0, 0.1) is 12.8 Å². The standard InChI is InChI=1S/C22H23ClN2O4/c1-13(2)29-22(28)15-7-9-17(10-8-15)24-21(27)16-11-20(26)25(12-16)19-6-4-5-18(23)14(19)3/h4-10,13,16H,11-12H2,1-3H3,(H,24,27)/t16-/m0/s1. The van der Waals surface area contributed by atoms with E-state index in [1.807, 2.05) is 13.0 Å². The third-order valence-electron chi connectivity index (χ3n) is 4.76. The molecule has 1 fully saturated rings. The monoisotopic (exact) mass is 414 g/mol. The summed E-state index contributed by atoms with van der Waals surface area (Å²) in [5.74, 6) is -1.22. The Hall–Kier alpha value is -2.86. The van der Waals surface area contributed by atoms with Crippen LogP contribution in [0.15, 0.2) is 42.5 Å². The molecule has 1 saturated heterocycles. The molecular weight excluding hydrogens is 392 g/mol. The number of anilines is 2. The number of esters is 1. The number of ether oxygens (including phenoxy) is 1. The molecule has 152 valence electrons. The van der Waals surface area contributed by atoms with Crippen molar-refractivity contribution in [2.75, 3.05) is 16.8 Å². The first-order chi connectivity index (χ1) is 13.8. The predicted molar refractivity (Wildman–Crippen MR) is 112 cm³/mol. The van der Waals surface area contributed by atoms with Gasteiger partial charge in [-0.1, -0.05) is 17.7 Å². The Kier molecular flexibility index (Phi) is 6.23. The highest BCUT2D eigenvalue weighted by Crippen LogP contribution is 2.31. The van der Waals surface area contributed by atoms with Gasteiger partial charge in [0.05, 0.1) is 17.6 Å². The van der Waals surface area contributed by atoms with E-state index in [2.05, 4.69) is 5.32 Å². The Labute approximate surface area is 174 Å². The van der Waals surface area contributed by atoms with Gasteiger partial charge in [0.1, 0.15) is 0 Å². The molecule has 3 rings (SSSR count). The minimum absolute atomic E-state index is 0.109. The van der Waals surface area contributed by atoms with Crippen LogP contribution in [0.4, 0.5) is 11.4 Å². The smallest absolute Gasteiger partial charge is 0.338 e. The highest BCUT2D eigenvalue weighted by Gasteiger charge is 2.35. The van der Waals surface area contributed by atoms with Crippen molar-refractivity contribution in [1.29, 1.82) is 0 Å². The molecule has 2 aromatic carbocycles. The second-order valence-electron chi connectivity index (χ2n) is 7.31. The van der Waals surface area contributed by atoms with Crippen molar-refractivity contribution in [3.63, 3.8) is 0 Å². The van der Waals surface area contributed by atoms with Crippen LogP contribution in [0.1, 0.15) is 36.2 Å². The summed E-state index contributed by atoms with van der Waals surface area (Å²) in [6.07, 6.45) is -0.0656. The first kappa shape index (κ1) is 20.9. The minimum Gasteiger partial charge on any atom is -0.459 e. The van der Waals surface area contributed by atoms with Gasteiger partial charge in [-0.2, -0.15) is 0 Å². The van der Waals surface area contributed by atoms with E-state index in [4.69, 9.17) is 16.3 Å². The molecule has 7 heteroatoms. The van der Waals surface area contributed by atoms with E-state index in [1.165, 1.54) is 0 Å². The summed E-state index contributed by atoms with van der Waals surface area (Å²) >= 11 is 6.16. The molecule has 1 heterocycles. The lowest BCUT2D eigenvalue weighted by molar-refractivity contribution is -0.122. The molecule has 0 aliphatic carbocycles. The lowest BCUT2D eigenvalue weighted by atomic mass is 10.1. The van der Waals surface area contributed by atoms with E-state index in [-0.39, 0.29) is 24.3 Å². The number of halogens is 1. The van der Waals surface area contributed by atoms with Crippen LogP contribution in [0.2, 0.25) is 5.02 Å². The molecular formula is C22H23ClN2O4. The summed E-state index contributed by atoms with van der Waals surface area (Å²) in [4.78, 5) is 38.6. The van der Waals surface area contributed by atoms with Crippen molar-refractivity contribution in [2.24, 2.45) is 5.92 Å². The number of rotatable bonds is 5. The average Bonchev–Trinajstić information content (AvgIpc) is 3.05. The summed E-state index contributed by atoms with van der Waals surface area (Å²) in [6, 6.07) is 11.9. The maximum absolute atomic E-state index is 12.6. The summed E-state index contributed by atoms with van der Waals surface area (Å²) in [6.45, 7) is 5.71. The van der Waals surface area contributed by atoms with Crippen LogP contribution in [-0.4, -0.2) is 30.4 Å². The second-order valence-corrected chi connectivity index (χ2v) is 7.72. The van der Waals surface area contributed by atoms with E-state index in [1.54, 1.807) is 55.1 Å². The maximum atomic E-state index is 12.6. The average molecular weight is 415 g/mol. The summed E-state index contributed by atoms with van der Waals surface area (Å²) < 4.78 is 5.14. The number of carbonyl (C=O) groups is 3. The van der Waals surface area contributed by atoms with E-state index >= 15 is 0 Å². The van der Waals surface area contributed by atoms with Crippen molar-refractivity contribution < 1.29 is 19.1 Å². The number of amides is 2. The largest absolute Gasteiger partial charge is 0.459 e. The normalized spacial score (nSPS) is 16.2. The lowest BCUT2D eigenvalue weighted by Gasteiger charge is -2.19. The van der Waals surface area contributed by atoms with E-state index in [0.29, 0.717) is 22.8 Å². The molecule has 0 unspecified atom stereocenters. The Morgan fingerprint density at radius 3 is 2.52 bits per heavy atom. The molecule has 0 saturated carbocycles. The molecule has 0 radical (unpaired) electrons. The van der Waals surface area contributed by atoms with Gasteiger partial charge < -0.3 is 15.0 Å². The van der Waals surface area contributed by atoms with Crippen LogP contribution < -0.4 is 10.2 Å². The van der Waals surface area contributed by atoms with Crippen molar-refractivity contribution in [3.8, 4) is 0 Å². The van der Waals surface area contributed by atoms with Gasteiger partial charge in [0.25, 0.3) is 0 Å². The Balaban J connectivity index is 1.65. The van der Waals surface area contributed by atoms with Crippen LogP contribution in [0.25, 0.3) is 0 Å². The fourth-order valence-electron chi connectivity index (χ4n) is 3.22. The van der Waals surface area contributed by atoms with Crippen molar-refractivity contribution in [1.82, 2.24) is 0 Å². The number of benzene rings is 2. The zero-order valence-electron chi connectivity index (χ0n) is 16.6. The predicted octanol–water partition coefficient (Wildman–Crippen LogP) is 4.21. The summed E-state index contributed by atoms with van der Waals surface area (Å²) in [5.41, 5.74) is 2.51. The number of nitrogens with one attached hydrogen (secondary N) is 1.